The van der Waals surface area contributed by atoms with Gasteiger partial charge in [-0.15, -0.1) is 0 Å². The largest absolute Gasteiger partial charge is 0.382 e. The standard InChI is InChI=1S/C9H15N3/c1-4-6(2)9-7(3)11-5-8(10)12-9/h5-6H,4H2,1-3H3,(H2,10,12)/t6-/m1/s1. The third-order valence-electron chi connectivity index (χ3n) is 2.09. The van der Waals surface area contributed by atoms with Crippen LogP contribution in [0.2, 0.25) is 0 Å². The summed E-state index contributed by atoms with van der Waals surface area (Å²) < 4.78 is 0. The summed E-state index contributed by atoms with van der Waals surface area (Å²) in [7, 11) is 0. The van der Waals surface area contributed by atoms with Crippen molar-refractivity contribution in [2.75, 3.05) is 5.73 Å². The van der Waals surface area contributed by atoms with Crippen molar-refractivity contribution in [1.29, 1.82) is 0 Å². The lowest BCUT2D eigenvalue weighted by Crippen LogP contribution is -2.04. The number of nitrogen functional groups attached to an aromatic ring is 1. The van der Waals surface area contributed by atoms with Gasteiger partial charge in [-0.25, -0.2) is 4.98 Å². The minimum atomic E-state index is 0.445. The van der Waals surface area contributed by atoms with Crippen molar-refractivity contribution in [3.05, 3.63) is 17.6 Å². The molecule has 1 atom stereocenters. The summed E-state index contributed by atoms with van der Waals surface area (Å²) in [6.07, 6.45) is 2.67. The first-order chi connectivity index (χ1) is 5.65. The molecule has 0 aromatic carbocycles. The van der Waals surface area contributed by atoms with Crippen molar-refractivity contribution >= 4 is 5.82 Å². The Hall–Kier alpha value is -1.12. The van der Waals surface area contributed by atoms with Gasteiger partial charge in [-0.2, -0.15) is 0 Å². The van der Waals surface area contributed by atoms with E-state index in [0.717, 1.165) is 17.8 Å². The zero-order valence-corrected chi connectivity index (χ0v) is 7.83. The molecule has 12 heavy (non-hydrogen) atoms. The first-order valence-corrected chi connectivity index (χ1v) is 4.24. The van der Waals surface area contributed by atoms with E-state index in [-0.39, 0.29) is 0 Å². The Balaban J connectivity index is 3.04. The summed E-state index contributed by atoms with van der Waals surface area (Å²) in [6.45, 7) is 6.24. The molecule has 0 aliphatic heterocycles. The van der Waals surface area contributed by atoms with Gasteiger partial charge in [-0.05, 0) is 13.3 Å². The Bertz CT molecular complexity index is 270. The average Bonchev–Trinajstić information content (AvgIpc) is 2.08. The van der Waals surface area contributed by atoms with Crippen molar-refractivity contribution < 1.29 is 0 Å². The molecule has 0 saturated carbocycles. The maximum absolute atomic E-state index is 5.55. The van der Waals surface area contributed by atoms with Crippen molar-refractivity contribution in [3.63, 3.8) is 0 Å². The van der Waals surface area contributed by atoms with E-state index in [4.69, 9.17) is 5.73 Å². The predicted molar refractivity (Wildman–Crippen MR) is 49.9 cm³/mol. The third kappa shape index (κ3) is 1.72. The molecular formula is C9H15N3. The molecule has 1 aromatic rings. The van der Waals surface area contributed by atoms with E-state index in [9.17, 15) is 0 Å². The summed E-state index contributed by atoms with van der Waals surface area (Å²) in [5, 5.41) is 0. The van der Waals surface area contributed by atoms with Crippen LogP contribution in [0.4, 0.5) is 5.82 Å². The Kier molecular flexibility index (Phi) is 2.63. The zero-order chi connectivity index (χ0) is 9.14. The van der Waals surface area contributed by atoms with E-state index in [1.807, 2.05) is 6.92 Å². The third-order valence-corrected chi connectivity index (χ3v) is 2.09. The van der Waals surface area contributed by atoms with Gasteiger partial charge in [0.1, 0.15) is 5.82 Å². The van der Waals surface area contributed by atoms with Crippen LogP contribution in [0.3, 0.4) is 0 Å². The summed E-state index contributed by atoms with van der Waals surface area (Å²) in [6, 6.07) is 0. The number of anilines is 1. The summed E-state index contributed by atoms with van der Waals surface area (Å²) in [5.41, 5.74) is 7.56. The minimum Gasteiger partial charge on any atom is -0.382 e. The van der Waals surface area contributed by atoms with E-state index in [1.165, 1.54) is 0 Å². The van der Waals surface area contributed by atoms with Crippen LogP contribution in [0.1, 0.15) is 37.6 Å². The van der Waals surface area contributed by atoms with Gasteiger partial charge in [0.15, 0.2) is 0 Å². The molecule has 1 rings (SSSR count). The molecule has 0 amide bonds. The number of aromatic nitrogens is 2. The summed E-state index contributed by atoms with van der Waals surface area (Å²) in [5.74, 6) is 0.955. The molecule has 1 aromatic heterocycles. The molecule has 0 bridgehead atoms. The smallest absolute Gasteiger partial charge is 0.142 e. The maximum Gasteiger partial charge on any atom is 0.142 e. The van der Waals surface area contributed by atoms with Gasteiger partial charge in [0.25, 0.3) is 0 Å². The van der Waals surface area contributed by atoms with E-state index in [2.05, 4.69) is 23.8 Å². The molecule has 0 aliphatic carbocycles. The fourth-order valence-electron chi connectivity index (χ4n) is 1.14. The Morgan fingerprint density at radius 1 is 1.58 bits per heavy atom. The average molecular weight is 165 g/mol. The summed E-state index contributed by atoms with van der Waals surface area (Å²) in [4.78, 5) is 8.42. The fourth-order valence-corrected chi connectivity index (χ4v) is 1.14. The van der Waals surface area contributed by atoms with Crippen LogP contribution in [-0.4, -0.2) is 9.97 Å². The molecule has 3 nitrogen and oxygen atoms in total. The molecule has 0 saturated heterocycles. The van der Waals surface area contributed by atoms with Crippen molar-refractivity contribution in [1.82, 2.24) is 9.97 Å². The van der Waals surface area contributed by atoms with Gasteiger partial charge >= 0.3 is 0 Å². The van der Waals surface area contributed by atoms with Crippen molar-refractivity contribution in [2.45, 2.75) is 33.1 Å². The van der Waals surface area contributed by atoms with Gasteiger partial charge in [0.05, 0.1) is 17.6 Å². The van der Waals surface area contributed by atoms with Crippen LogP contribution in [0.15, 0.2) is 6.20 Å². The van der Waals surface area contributed by atoms with Crippen LogP contribution in [0.5, 0.6) is 0 Å². The highest BCUT2D eigenvalue weighted by Gasteiger charge is 2.08. The quantitative estimate of drug-likeness (QED) is 0.728. The molecule has 0 radical (unpaired) electrons. The van der Waals surface area contributed by atoms with Crippen LogP contribution >= 0.6 is 0 Å². The monoisotopic (exact) mass is 165 g/mol. The van der Waals surface area contributed by atoms with E-state index in [1.54, 1.807) is 6.20 Å². The second-order valence-corrected chi connectivity index (χ2v) is 3.07. The van der Waals surface area contributed by atoms with Crippen LogP contribution in [-0.2, 0) is 0 Å². The van der Waals surface area contributed by atoms with Gasteiger partial charge in [0, 0.05) is 5.92 Å². The second kappa shape index (κ2) is 3.52. The second-order valence-electron chi connectivity index (χ2n) is 3.07. The normalized spacial score (nSPS) is 12.9. The van der Waals surface area contributed by atoms with Crippen LogP contribution < -0.4 is 5.73 Å². The lowest BCUT2D eigenvalue weighted by molar-refractivity contribution is 0.696. The molecule has 66 valence electrons. The SMILES string of the molecule is CC[C@@H](C)c1nc(N)cnc1C. The van der Waals surface area contributed by atoms with Crippen LogP contribution in [0, 0.1) is 6.92 Å². The number of nitrogens with zero attached hydrogens (tertiary/aromatic N) is 2. The molecule has 0 spiro atoms. The Labute approximate surface area is 73.0 Å². The van der Waals surface area contributed by atoms with Gasteiger partial charge < -0.3 is 5.73 Å². The number of hydrogen-bond donors (Lipinski definition) is 1. The molecule has 3 heteroatoms. The first kappa shape index (κ1) is 8.97. The lowest BCUT2D eigenvalue weighted by atomic mass is 10.0. The van der Waals surface area contributed by atoms with E-state index in [0.29, 0.717) is 11.7 Å². The number of nitrogens with two attached hydrogens (primary N) is 1. The topological polar surface area (TPSA) is 51.8 Å². The molecule has 0 unspecified atom stereocenters. The van der Waals surface area contributed by atoms with E-state index >= 15 is 0 Å². The molecule has 1 heterocycles. The molecule has 0 fully saturated rings. The van der Waals surface area contributed by atoms with Crippen molar-refractivity contribution in [3.8, 4) is 0 Å². The van der Waals surface area contributed by atoms with E-state index < -0.39 is 0 Å². The molecule has 0 aliphatic rings. The number of hydrogen-bond acceptors (Lipinski definition) is 3. The van der Waals surface area contributed by atoms with Crippen molar-refractivity contribution in [2.24, 2.45) is 0 Å². The summed E-state index contributed by atoms with van der Waals surface area (Å²) >= 11 is 0. The van der Waals surface area contributed by atoms with Crippen LogP contribution in [0.25, 0.3) is 0 Å². The first-order valence-electron chi connectivity index (χ1n) is 4.24. The lowest BCUT2D eigenvalue weighted by Gasteiger charge is -2.10. The van der Waals surface area contributed by atoms with Gasteiger partial charge in [-0.1, -0.05) is 13.8 Å². The zero-order valence-electron chi connectivity index (χ0n) is 7.83. The molecule has 2 N–H and O–H groups in total. The highest BCUT2D eigenvalue weighted by Crippen LogP contribution is 2.19. The minimum absolute atomic E-state index is 0.445. The Morgan fingerprint density at radius 3 is 2.83 bits per heavy atom. The predicted octanol–water partition coefficient (Wildman–Crippen LogP) is 1.88. The van der Waals surface area contributed by atoms with Gasteiger partial charge in [0.2, 0.25) is 0 Å². The fraction of sp³-hybridized carbons (Fsp3) is 0.556. The number of aryl methyl sites for hydroxylation is 1. The number of rotatable bonds is 2. The molecular weight excluding hydrogens is 150 g/mol. The maximum atomic E-state index is 5.55. The van der Waals surface area contributed by atoms with Gasteiger partial charge in [-0.3, -0.25) is 4.98 Å². The highest BCUT2D eigenvalue weighted by atomic mass is 14.9. The Morgan fingerprint density at radius 2 is 2.25 bits per heavy atom. The highest BCUT2D eigenvalue weighted by molar-refractivity contribution is 5.28.